The van der Waals surface area contributed by atoms with E-state index in [2.05, 4.69) is 45.4 Å². The lowest BCUT2D eigenvalue weighted by atomic mass is 9.97. The number of primary amides is 1. The Morgan fingerprint density at radius 1 is 0.938 bits per heavy atom. The van der Waals surface area contributed by atoms with E-state index in [1.165, 1.54) is 5.56 Å². The Balaban J connectivity index is 1.22. The van der Waals surface area contributed by atoms with E-state index < -0.39 is 0 Å². The van der Waals surface area contributed by atoms with Crippen LogP contribution in [0.15, 0.2) is 54.6 Å². The molecule has 4 rings (SSSR count). The zero-order valence-corrected chi connectivity index (χ0v) is 18.7. The van der Waals surface area contributed by atoms with Crippen LogP contribution in [0.2, 0.25) is 0 Å². The number of rotatable bonds is 7. The molecule has 3 N–H and O–H groups in total. The number of anilines is 1. The van der Waals surface area contributed by atoms with Gasteiger partial charge in [0.25, 0.3) is 5.91 Å². The Hall–Kier alpha value is -2.86. The first-order chi connectivity index (χ1) is 15.6. The smallest absolute Gasteiger partial charge is 0.251 e. The molecule has 0 aromatic heterocycles. The SMILES string of the molecule is NC(=O)C1CCCN(c2ccc(C(=O)NC3CCN(CCc4ccccc4)CC3)cc2)C1. The summed E-state index contributed by atoms with van der Waals surface area (Å²) in [5.74, 6) is -0.324. The summed E-state index contributed by atoms with van der Waals surface area (Å²) in [6.45, 7) is 4.68. The number of nitrogens with two attached hydrogens (primary N) is 1. The quantitative estimate of drug-likeness (QED) is 0.702. The summed E-state index contributed by atoms with van der Waals surface area (Å²) >= 11 is 0. The van der Waals surface area contributed by atoms with Gasteiger partial charge in [0, 0.05) is 50.0 Å². The zero-order valence-electron chi connectivity index (χ0n) is 18.7. The van der Waals surface area contributed by atoms with Crippen LogP contribution in [0.1, 0.15) is 41.6 Å². The number of carbonyl (C=O) groups is 2. The van der Waals surface area contributed by atoms with Crippen LogP contribution in [0.5, 0.6) is 0 Å². The molecule has 2 fully saturated rings. The second-order valence-electron chi connectivity index (χ2n) is 9.06. The van der Waals surface area contributed by atoms with Crippen molar-refractivity contribution in [1.29, 1.82) is 0 Å². The molecule has 2 saturated heterocycles. The standard InChI is InChI=1S/C26H34N4O2/c27-25(31)22-7-4-15-30(19-22)24-10-8-21(9-11-24)26(32)28-23-13-17-29(18-14-23)16-12-20-5-2-1-3-6-20/h1-3,5-6,8-11,22-23H,4,7,12-19H2,(H2,27,31)(H,28,32). The molecule has 1 unspecified atom stereocenters. The second kappa shape index (κ2) is 10.6. The van der Waals surface area contributed by atoms with Crippen molar-refractivity contribution in [3.05, 3.63) is 65.7 Å². The van der Waals surface area contributed by atoms with E-state index in [0.717, 1.165) is 64.0 Å². The number of likely N-dealkylation sites (tertiary alicyclic amines) is 1. The largest absolute Gasteiger partial charge is 0.371 e. The number of benzene rings is 2. The van der Waals surface area contributed by atoms with Crippen LogP contribution in [0.3, 0.4) is 0 Å². The van der Waals surface area contributed by atoms with Crippen LogP contribution in [-0.2, 0) is 11.2 Å². The molecule has 6 heteroatoms. The molecule has 0 bridgehead atoms. The third-order valence-corrected chi connectivity index (χ3v) is 6.80. The van der Waals surface area contributed by atoms with Gasteiger partial charge in [0.1, 0.15) is 0 Å². The molecule has 2 aromatic rings. The number of hydrogen-bond acceptors (Lipinski definition) is 4. The fraction of sp³-hybridized carbons (Fsp3) is 0.462. The molecule has 0 spiro atoms. The van der Waals surface area contributed by atoms with Gasteiger partial charge >= 0.3 is 0 Å². The third-order valence-electron chi connectivity index (χ3n) is 6.80. The van der Waals surface area contributed by atoms with Gasteiger partial charge < -0.3 is 20.9 Å². The Morgan fingerprint density at radius 3 is 2.34 bits per heavy atom. The van der Waals surface area contributed by atoms with Crippen molar-refractivity contribution >= 4 is 17.5 Å². The van der Waals surface area contributed by atoms with Crippen molar-refractivity contribution in [2.24, 2.45) is 11.7 Å². The molecule has 6 nitrogen and oxygen atoms in total. The molecule has 32 heavy (non-hydrogen) atoms. The molecule has 0 radical (unpaired) electrons. The number of hydrogen-bond donors (Lipinski definition) is 2. The molecule has 1 atom stereocenters. The van der Waals surface area contributed by atoms with Crippen LogP contribution in [0.25, 0.3) is 0 Å². The molecule has 0 saturated carbocycles. The lowest BCUT2D eigenvalue weighted by molar-refractivity contribution is -0.122. The van der Waals surface area contributed by atoms with Crippen LogP contribution < -0.4 is 16.0 Å². The van der Waals surface area contributed by atoms with Crippen LogP contribution >= 0.6 is 0 Å². The van der Waals surface area contributed by atoms with Crippen molar-refractivity contribution in [2.75, 3.05) is 37.6 Å². The Kier molecular flexibility index (Phi) is 7.43. The minimum absolute atomic E-state index is 0.00653. The predicted molar refractivity (Wildman–Crippen MR) is 128 cm³/mol. The number of piperidine rings is 2. The van der Waals surface area contributed by atoms with E-state index in [9.17, 15) is 9.59 Å². The van der Waals surface area contributed by atoms with Gasteiger partial charge in [-0.2, -0.15) is 0 Å². The average Bonchev–Trinajstić information content (AvgIpc) is 2.84. The Morgan fingerprint density at radius 2 is 1.66 bits per heavy atom. The molecule has 2 aliphatic rings. The molecule has 2 heterocycles. The average molecular weight is 435 g/mol. The number of amides is 2. The first-order valence-electron chi connectivity index (χ1n) is 11.8. The van der Waals surface area contributed by atoms with Gasteiger partial charge in [-0.3, -0.25) is 9.59 Å². The van der Waals surface area contributed by atoms with E-state index in [1.807, 2.05) is 24.3 Å². The fourth-order valence-electron chi connectivity index (χ4n) is 4.77. The molecule has 2 amide bonds. The number of nitrogens with zero attached hydrogens (tertiary/aromatic N) is 2. The predicted octanol–water partition coefficient (Wildman–Crippen LogP) is 2.83. The van der Waals surface area contributed by atoms with Crippen LogP contribution in [-0.4, -0.2) is 55.5 Å². The monoisotopic (exact) mass is 434 g/mol. The fourth-order valence-corrected chi connectivity index (χ4v) is 4.77. The van der Waals surface area contributed by atoms with Gasteiger partial charge in [0.2, 0.25) is 5.91 Å². The minimum Gasteiger partial charge on any atom is -0.371 e. The van der Waals surface area contributed by atoms with Crippen LogP contribution in [0.4, 0.5) is 5.69 Å². The molecular weight excluding hydrogens is 400 g/mol. The second-order valence-corrected chi connectivity index (χ2v) is 9.06. The number of carbonyl (C=O) groups excluding carboxylic acids is 2. The summed E-state index contributed by atoms with van der Waals surface area (Å²) in [5, 5.41) is 3.21. The minimum atomic E-state index is -0.225. The summed E-state index contributed by atoms with van der Waals surface area (Å²) in [7, 11) is 0. The van der Waals surface area contributed by atoms with Gasteiger partial charge in [-0.25, -0.2) is 0 Å². The van der Waals surface area contributed by atoms with Crippen LogP contribution in [0, 0.1) is 5.92 Å². The summed E-state index contributed by atoms with van der Waals surface area (Å²) < 4.78 is 0. The van der Waals surface area contributed by atoms with Gasteiger partial charge in [-0.05, 0) is 61.9 Å². The van der Waals surface area contributed by atoms with E-state index >= 15 is 0 Å². The van der Waals surface area contributed by atoms with E-state index in [0.29, 0.717) is 12.1 Å². The van der Waals surface area contributed by atoms with Gasteiger partial charge in [-0.15, -0.1) is 0 Å². The molecule has 2 aliphatic heterocycles. The summed E-state index contributed by atoms with van der Waals surface area (Å²) in [5.41, 5.74) is 8.59. The number of nitrogens with one attached hydrogen (secondary N) is 1. The highest BCUT2D eigenvalue weighted by Crippen LogP contribution is 2.23. The van der Waals surface area contributed by atoms with Gasteiger partial charge in [0.15, 0.2) is 0 Å². The molecule has 0 aliphatic carbocycles. The summed E-state index contributed by atoms with van der Waals surface area (Å²) in [4.78, 5) is 28.9. The van der Waals surface area contributed by atoms with Crippen molar-refractivity contribution < 1.29 is 9.59 Å². The summed E-state index contributed by atoms with van der Waals surface area (Å²) in [6.07, 6.45) is 4.86. The summed E-state index contributed by atoms with van der Waals surface area (Å²) in [6, 6.07) is 18.5. The molecule has 2 aromatic carbocycles. The highest BCUT2D eigenvalue weighted by atomic mass is 16.2. The molecule has 170 valence electrons. The Labute approximate surface area is 190 Å². The van der Waals surface area contributed by atoms with Crippen molar-refractivity contribution in [1.82, 2.24) is 10.2 Å². The van der Waals surface area contributed by atoms with Crippen molar-refractivity contribution in [3.63, 3.8) is 0 Å². The molecular formula is C26H34N4O2. The maximum atomic E-state index is 12.7. The normalized spacial score (nSPS) is 20.1. The van der Waals surface area contributed by atoms with E-state index in [4.69, 9.17) is 5.73 Å². The van der Waals surface area contributed by atoms with E-state index in [1.54, 1.807) is 0 Å². The van der Waals surface area contributed by atoms with Crippen molar-refractivity contribution in [2.45, 2.75) is 38.1 Å². The van der Waals surface area contributed by atoms with Crippen molar-refractivity contribution in [3.8, 4) is 0 Å². The maximum absolute atomic E-state index is 12.7. The van der Waals surface area contributed by atoms with Gasteiger partial charge in [0.05, 0.1) is 5.92 Å². The highest BCUT2D eigenvalue weighted by molar-refractivity contribution is 5.94. The lowest BCUT2D eigenvalue weighted by Gasteiger charge is -2.33. The first kappa shape index (κ1) is 22.3. The lowest BCUT2D eigenvalue weighted by Crippen LogP contribution is -2.45. The maximum Gasteiger partial charge on any atom is 0.251 e. The zero-order chi connectivity index (χ0) is 22.3. The highest BCUT2D eigenvalue weighted by Gasteiger charge is 2.25. The third kappa shape index (κ3) is 5.88. The van der Waals surface area contributed by atoms with E-state index in [-0.39, 0.29) is 23.8 Å². The Bertz CT molecular complexity index is 892. The first-order valence-corrected chi connectivity index (χ1v) is 11.8. The van der Waals surface area contributed by atoms with Gasteiger partial charge in [-0.1, -0.05) is 30.3 Å². The topological polar surface area (TPSA) is 78.7 Å².